The molecule has 0 spiro atoms. The van der Waals surface area contributed by atoms with Gasteiger partial charge in [0.25, 0.3) is 0 Å². The van der Waals surface area contributed by atoms with E-state index in [-0.39, 0.29) is 37.5 Å². The Balaban J connectivity index is 1.66. The van der Waals surface area contributed by atoms with Crippen LogP contribution >= 0.6 is 0 Å². The molecule has 0 saturated carbocycles. The minimum atomic E-state index is -1.17. The first kappa shape index (κ1) is 30.7. The molecule has 40 heavy (non-hydrogen) atoms. The Bertz CT molecular complexity index is 1210. The van der Waals surface area contributed by atoms with Crippen LogP contribution in [-0.4, -0.2) is 53.5 Å². The predicted molar refractivity (Wildman–Crippen MR) is 155 cm³/mol. The molecule has 2 amide bonds. The number of esters is 1. The monoisotopic (exact) mass is 564 g/mol. The van der Waals surface area contributed by atoms with Gasteiger partial charge in [-0.2, -0.15) is 0 Å². The lowest BCUT2D eigenvalue weighted by molar-refractivity contribution is -0.149. The molecule has 3 aromatic carbocycles. The van der Waals surface area contributed by atoms with Crippen molar-refractivity contribution in [2.24, 2.45) is 0 Å². The maximum atomic E-state index is 13.4. The van der Waals surface area contributed by atoms with E-state index in [1.54, 1.807) is 13.4 Å². The zero-order valence-corrected chi connectivity index (χ0v) is 23.7. The summed E-state index contributed by atoms with van der Waals surface area (Å²) < 4.78 is 22.5. The molecule has 0 saturated heterocycles. The van der Waals surface area contributed by atoms with Gasteiger partial charge in [-0.3, -0.25) is 9.59 Å². The molecular formula is C31H36N2O6S. The first-order valence-corrected chi connectivity index (χ1v) is 14.8. The highest BCUT2D eigenvalue weighted by molar-refractivity contribution is 7.90. The van der Waals surface area contributed by atoms with Crippen molar-refractivity contribution in [3.05, 3.63) is 102 Å². The SMILES string of the molecule is COc1ccc(CCC(=O)NC(CC[S+](C)[O-])C(=O)NC(Cc2ccccc2)C(=O)OCc2ccccc2)cc1. The van der Waals surface area contributed by atoms with E-state index in [0.29, 0.717) is 6.42 Å². The summed E-state index contributed by atoms with van der Waals surface area (Å²) in [5, 5.41) is 5.54. The van der Waals surface area contributed by atoms with Gasteiger partial charge in [-0.05, 0) is 35.2 Å². The number of carbonyl (C=O) groups excluding carboxylic acids is 3. The Labute approximate surface area is 238 Å². The van der Waals surface area contributed by atoms with Crippen LogP contribution in [0.4, 0.5) is 0 Å². The van der Waals surface area contributed by atoms with Gasteiger partial charge in [-0.1, -0.05) is 84.0 Å². The van der Waals surface area contributed by atoms with Gasteiger partial charge in [0.15, 0.2) is 0 Å². The van der Waals surface area contributed by atoms with Crippen LogP contribution in [0.5, 0.6) is 5.75 Å². The molecule has 0 heterocycles. The quantitative estimate of drug-likeness (QED) is 0.216. The second-order valence-electron chi connectivity index (χ2n) is 9.38. The van der Waals surface area contributed by atoms with Gasteiger partial charge in [0, 0.05) is 19.3 Å². The molecule has 8 nitrogen and oxygen atoms in total. The fraction of sp³-hybridized carbons (Fsp3) is 0.323. The van der Waals surface area contributed by atoms with Crippen molar-refractivity contribution >= 4 is 29.0 Å². The largest absolute Gasteiger partial charge is 0.617 e. The topological polar surface area (TPSA) is 117 Å². The summed E-state index contributed by atoms with van der Waals surface area (Å²) in [6, 6.07) is 24.1. The third-order valence-electron chi connectivity index (χ3n) is 6.25. The Hall–Kier alpha value is -3.82. The van der Waals surface area contributed by atoms with E-state index in [1.165, 1.54) is 0 Å². The third kappa shape index (κ3) is 10.7. The zero-order valence-electron chi connectivity index (χ0n) is 22.8. The van der Waals surface area contributed by atoms with Crippen molar-refractivity contribution < 1.29 is 28.4 Å². The summed E-state index contributed by atoms with van der Waals surface area (Å²) >= 11 is -1.17. The average Bonchev–Trinajstić information content (AvgIpc) is 2.97. The van der Waals surface area contributed by atoms with Crippen molar-refractivity contribution in [1.29, 1.82) is 0 Å². The third-order valence-corrected chi connectivity index (χ3v) is 7.06. The number of hydrogen-bond donors (Lipinski definition) is 2. The fourth-order valence-corrected chi connectivity index (χ4v) is 4.58. The summed E-state index contributed by atoms with van der Waals surface area (Å²) in [5.74, 6) is -0.474. The van der Waals surface area contributed by atoms with E-state index in [9.17, 15) is 18.9 Å². The fourth-order valence-electron chi connectivity index (χ4n) is 4.01. The van der Waals surface area contributed by atoms with Crippen LogP contribution < -0.4 is 15.4 Å². The molecule has 0 bridgehead atoms. The number of benzene rings is 3. The molecule has 9 heteroatoms. The van der Waals surface area contributed by atoms with Crippen LogP contribution in [0.3, 0.4) is 0 Å². The van der Waals surface area contributed by atoms with Gasteiger partial charge >= 0.3 is 5.97 Å². The summed E-state index contributed by atoms with van der Waals surface area (Å²) in [7, 11) is 1.59. The molecule has 0 aliphatic carbocycles. The van der Waals surface area contributed by atoms with Crippen molar-refractivity contribution in [3.63, 3.8) is 0 Å². The summed E-state index contributed by atoms with van der Waals surface area (Å²) in [6.45, 7) is 0.0706. The molecule has 0 aromatic heterocycles. The zero-order chi connectivity index (χ0) is 28.7. The lowest BCUT2D eigenvalue weighted by Gasteiger charge is -2.23. The normalized spacial score (nSPS) is 13.0. The Morgan fingerprint density at radius 2 is 1.45 bits per heavy atom. The van der Waals surface area contributed by atoms with E-state index in [0.717, 1.165) is 22.4 Å². The smallest absolute Gasteiger partial charge is 0.329 e. The average molecular weight is 565 g/mol. The second kappa shape index (κ2) is 16.3. The highest BCUT2D eigenvalue weighted by Crippen LogP contribution is 2.13. The number of ether oxygens (including phenoxy) is 2. The first-order valence-electron chi connectivity index (χ1n) is 13.1. The number of nitrogens with one attached hydrogen (secondary N) is 2. The van der Waals surface area contributed by atoms with Crippen molar-refractivity contribution in [2.45, 2.75) is 44.4 Å². The highest BCUT2D eigenvalue weighted by Gasteiger charge is 2.28. The molecule has 0 radical (unpaired) electrons. The molecule has 2 N–H and O–H groups in total. The minimum Gasteiger partial charge on any atom is -0.617 e. The van der Waals surface area contributed by atoms with Crippen molar-refractivity contribution in [3.8, 4) is 5.75 Å². The van der Waals surface area contributed by atoms with Gasteiger partial charge in [-0.15, -0.1) is 0 Å². The van der Waals surface area contributed by atoms with Crippen LogP contribution in [-0.2, 0) is 49.7 Å². The lowest BCUT2D eigenvalue weighted by atomic mass is 10.0. The number of amides is 2. The predicted octanol–water partition coefficient (Wildman–Crippen LogP) is 3.35. The Kier molecular flexibility index (Phi) is 12.5. The first-order chi connectivity index (χ1) is 19.3. The number of carbonyl (C=O) groups is 3. The van der Waals surface area contributed by atoms with Crippen LogP contribution in [0.1, 0.15) is 29.5 Å². The second-order valence-corrected chi connectivity index (χ2v) is 10.9. The standard InChI is InChI=1S/C31H36N2O6S/c1-38-26-16-13-23(14-17-26)15-18-29(34)32-27(19-20-40(2)37)30(35)33-28(21-24-9-5-3-6-10-24)31(36)39-22-25-11-7-4-8-12-25/h3-14,16-17,27-28H,15,18-22H2,1-2H3,(H,32,34)(H,33,35). The van der Waals surface area contributed by atoms with Gasteiger partial charge in [0.2, 0.25) is 11.8 Å². The van der Waals surface area contributed by atoms with Crippen molar-refractivity contribution in [1.82, 2.24) is 10.6 Å². The van der Waals surface area contributed by atoms with Gasteiger partial charge in [0.05, 0.1) is 13.4 Å². The van der Waals surface area contributed by atoms with E-state index >= 15 is 0 Å². The number of rotatable bonds is 15. The maximum Gasteiger partial charge on any atom is 0.329 e. The highest BCUT2D eigenvalue weighted by atomic mass is 32.2. The molecule has 3 aromatic rings. The Morgan fingerprint density at radius 1 is 0.825 bits per heavy atom. The lowest BCUT2D eigenvalue weighted by Crippen LogP contribution is -2.53. The van der Waals surface area contributed by atoms with Crippen LogP contribution in [0, 0.1) is 0 Å². The molecule has 0 fully saturated rings. The summed E-state index contributed by atoms with van der Waals surface area (Å²) in [6.07, 6.45) is 2.57. The van der Waals surface area contributed by atoms with Gasteiger partial charge in [-0.25, -0.2) is 4.79 Å². The van der Waals surface area contributed by atoms with E-state index in [2.05, 4.69) is 10.6 Å². The van der Waals surface area contributed by atoms with E-state index in [4.69, 9.17) is 9.47 Å². The molecule has 0 aliphatic rings. The Morgan fingerprint density at radius 3 is 2.05 bits per heavy atom. The van der Waals surface area contributed by atoms with Crippen molar-refractivity contribution in [2.75, 3.05) is 19.1 Å². The maximum absolute atomic E-state index is 13.4. The van der Waals surface area contributed by atoms with Gasteiger partial charge in [0.1, 0.15) is 30.2 Å². The van der Waals surface area contributed by atoms with Crippen LogP contribution in [0.25, 0.3) is 0 Å². The molecule has 3 atom stereocenters. The van der Waals surface area contributed by atoms with E-state index < -0.39 is 35.1 Å². The number of hydrogen-bond acceptors (Lipinski definition) is 6. The molecular weight excluding hydrogens is 528 g/mol. The number of aryl methyl sites for hydroxylation is 1. The van der Waals surface area contributed by atoms with E-state index in [1.807, 2.05) is 84.9 Å². The minimum absolute atomic E-state index is 0.0706. The number of methoxy groups -OCH3 is 1. The molecule has 212 valence electrons. The van der Waals surface area contributed by atoms with Crippen LogP contribution in [0.2, 0.25) is 0 Å². The van der Waals surface area contributed by atoms with Gasteiger partial charge < -0.3 is 24.7 Å². The summed E-state index contributed by atoms with van der Waals surface area (Å²) in [4.78, 5) is 39.2. The summed E-state index contributed by atoms with van der Waals surface area (Å²) in [5.41, 5.74) is 2.63. The molecule has 3 unspecified atom stereocenters. The molecule has 3 rings (SSSR count). The molecule has 0 aliphatic heterocycles. The van der Waals surface area contributed by atoms with Crippen LogP contribution in [0.15, 0.2) is 84.9 Å².